The summed E-state index contributed by atoms with van der Waals surface area (Å²) in [6.45, 7) is 0. The fraction of sp³-hybridized carbons (Fsp3) is 0.375. The summed E-state index contributed by atoms with van der Waals surface area (Å²) in [6, 6.07) is -0.420. The highest BCUT2D eigenvalue weighted by atomic mass is 16.1. The minimum Gasteiger partial charge on any atom is -0.318 e. The Morgan fingerprint density at radius 3 is 2.90 bits per heavy atom. The maximum absolute atomic E-state index is 10.2. The number of nitrogens with two attached hydrogens (primary N) is 1. The van der Waals surface area contributed by atoms with Crippen molar-refractivity contribution < 1.29 is 4.79 Å². The molecule has 0 heterocycles. The first-order valence-electron chi connectivity index (χ1n) is 3.42. The molecule has 0 spiro atoms. The third kappa shape index (κ3) is 1.54. The van der Waals surface area contributed by atoms with E-state index in [1.54, 1.807) is 0 Å². The van der Waals surface area contributed by atoms with Crippen LogP contribution in [-0.2, 0) is 4.79 Å². The Balaban J connectivity index is 2.62. The van der Waals surface area contributed by atoms with Crippen LogP contribution in [0.1, 0.15) is 12.8 Å². The molecule has 0 aliphatic heterocycles. The second-order valence-corrected chi connectivity index (χ2v) is 2.35. The van der Waals surface area contributed by atoms with Crippen molar-refractivity contribution in [3.05, 3.63) is 23.8 Å². The lowest BCUT2D eigenvalue weighted by molar-refractivity contribution is -0.108. The molecule has 0 aromatic carbocycles. The molecule has 1 atom stereocenters. The van der Waals surface area contributed by atoms with Crippen LogP contribution in [0.5, 0.6) is 0 Å². The second-order valence-electron chi connectivity index (χ2n) is 2.35. The van der Waals surface area contributed by atoms with E-state index in [4.69, 9.17) is 5.73 Å². The summed E-state index contributed by atoms with van der Waals surface area (Å²) in [5, 5.41) is 0. The maximum atomic E-state index is 10.2. The fourth-order valence-corrected chi connectivity index (χ4v) is 0.959. The number of hydrogen-bond acceptors (Lipinski definition) is 2. The van der Waals surface area contributed by atoms with Crippen LogP contribution < -0.4 is 5.73 Å². The van der Waals surface area contributed by atoms with Crippen LogP contribution in [0, 0.1) is 0 Å². The van der Waals surface area contributed by atoms with Crippen molar-refractivity contribution in [2.24, 2.45) is 5.73 Å². The first-order chi connectivity index (χ1) is 4.84. The van der Waals surface area contributed by atoms with Crippen molar-refractivity contribution in [1.82, 2.24) is 0 Å². The van der Waals surface area contributed by atoms with Crippen molar-refractivity contribution in [2.75, 3.05) is 0 Å². The van der Waals surface area contributed by atoms with Gasteiger partial charge in [0.15, 0.2) is 0 Å². The van der Waals surface area contributed by atoms with E-state index < -0.39 is 6.04 Å². The van der Waals surface area contributed by atoms with Crippen LogP contribution in [0.2, 0.25) is 0 Å². The number of rotatable bonds is 2. The highest BCUT2D eigenvalue weighted by molar-refractivity contribution is 5.64. The summed E-state index contributed by atoms with van der Waals surface area (Å²) < 4.78 is 0. The van der Waals surface area contributed by atoms with Gasteiger partial charge in [0.1, 0.15) is 6.29 Å². The Morgan fingerprint density at radius 1 is 1.60 bits per heavy atom. The number of hydrogen-bond donors (Lipinski definition) is 1. The van der Waals surface area contributed by atoms with Gasteiger partial charge < -0.3 is 10.5 Å². The first-order valence-corrected chi connectivity index (χ1v) is 3.42. The number of allylic oxidation sites excluding steroid dienone is 2. The van der Waals surface area contributed by atoms with Crippen LogP contribution in [0.25, 0.3) is 0 Å². The molecule has 1 unspecified atom stereocenters. The zero-order chi connectivity index (χ0) is 7.40. The van der Waals surface area contributed by atoms with E-state index in [0.29, 0.717) is 0 Å². The monoisotopic (exact) mass is 137 g/mol. The third-order valence-corrected chi connectivity index (χ3v) is 1.56. The van der Waals surface area contributed by atoms with Crippen LogP contribution in [0.3, 0.4) is 0 Å². The number of aldehydes is 1. The SMILES string of the molecule is NC(C=O)C1=CCCC=C1. The van der Waals surface area contributed by atoms with E-state index in [-0.39, 0.29) is 0 Å². The van der Waals surface area contributed by atoms with E-state index in [0.717, 1.165) is 24.7 Å². The van der Waals surface area contributed by atoms with Crippen molar-refractivity contribution in [3.8, 4) is 0 Å². The third-order valence-electron chi connectivity index (χ3n) is 1.56. The van der Waals surface area contributed by atoms with E-state index in [2.05, 4.69) is 0 Å². The minimum absolute atomic E-state index is 0.420. The summed E-state index contributed by atoms with van der Waals surface area (Å²) in [6.07, 6.45) is 8.81. The Hall–Kier alpha value is -0.890. The van der Waals surface area contributed by atoms with Gasteiger partial charge in [-0.25, -0.2) is 0 Å². The molecule has 0 saturated heterocycles. The summed E-state index contributed by atoms with van der Waals surface area (Å²) in [5.74, 6) is 0. The normalized spacial score (nSPS) is 19.9. The molecule has 0 radical (unpaired) electrons. The average molecular weight is 137 g/mol. The highest BCUT2D eigenvalue weighted by Crippen LogP contribution is 2.10. The fourth-order valence-electron chi connectivity index (χ4n) is 0.959. The van der Waals surface area contributed by atoms with Gasteiger partial charge >= 0.3 is 0 Å². The van der Waals surface area contributed by atoms with Crippen molar-refractivity contribution in [2.45, 2.75) is 18.9 Å². The summed E-state index contributed by atoms with van der Waals surface area (Å²) in [5.41, 5.74) is 6.41. The van der Waals surface area contributed by atoms with Crippen LogP contribution in [-0.4, -0.2) is 12.3 Å². The largest absolute Gasteiger partial charge is 0.318 e. The molecule has 0 bridgehead atoms. The van der Waals surface area contributed by atoms with E-state index in [1.165, 1.54) is 0 Å². The molecule has 0 saturated carbocycles. The molecule has 1 aliphatic rings. The number of carbonyl (C=O) groups excluding carboxylic acids is 1. The minimum atomic E-state index is -0.420. The average Bonchev–Trinajstić information content (AvgIpc) is 2.05. The summed E-state index contributed by atoms with van der Waals surface area (Å²) in [7, 11) is 0. The Morgan fingerprint density at radius 2 is 2.40 bits per heavy atom. The lowest BCUT2D eigenvalue weighted by Crippen LogP contribution is -2.23. The molecular weight excluding hydrogens is 126 g/mol. The molecule has 54 valence electrons. The molecule has 0 amide bonds. The highest BCUT2D eigenvalue weighted by Gasteiger charge is 2.05. The molecule has 2 heteroatoms. The molecule has 1 rings (SSSR count). The van der Waals surface area contributed by atoms with Gasteiger partial charge in [-0.3, -0.25) is 0 Å². The van der Waals surface area contributed by atoms with Gasteiger partial charge in [0.2, 0.25) is 0 Å². The molecule has 0 aromatic heterocycles. The smallest absolute Gasteiger partial charge is 0.141 e. The molecular formula is C8H11NO. The zero-order valence-corrected chi connectivity index (χ0v) is 5.79. The molecule has 0 fully saturated rings. The Kier molecular flexibility index (Phi) is 2.40. The molecule has 10 heavy (non-hydrogen) atoms. The Labute approximate surface area is 60.4 Å². The van der Waals surface area contributed by atoms with Crippen LogP contribution >= 0.6 is 0 Å². The lowest BCUT2D eigenvalue weighted by Gasteiger charge is -2.08. The van der Waals surface area contributed by atoms with Crippen LogP contribution in [0.15, 0.2) is 23.8 Å². The van der Waals surface area contributed by atoms with Gasteiger partial charge in [0.25, 0.3) is 0 Å². The molecule has 2 nitrogen and oxygen atoms in total. The predicted molar refractivity (Wildman–Crippen MR) is 40.5 cm³/mol. The second kappa shape index (κ2) is 3.32. The maximum Gasteiger partial charge on any atom is 0.141 e. The van der Waals surface area contributed by atoms with E-state index in [9.17, 15) is 4.79 Å². The van der Waals surface area contributed by atoms with Crippen molar-refractivity contribution >= 4 is 6.29 Å². The zero-order valence-electron chi connectivity index (χ0n) is 5.79. The van der Waals surface area contributed by atoms with E-state index in [1.807, 2.05) is 18.2 Å². The van der Waals surface area contributed by atoms with Gasteiger partial charge in [0, 0.05) is 0 Å². The summed E-state index contributed by atoms with van der Waals surface area (Å²) >= 11 is 0. The van der Waals surface area contributed by atoms with Gasteiger partial charge in [0.05, 0.1) is 6.04 Å². The first kappa shape index (κ1) is 7.22. The van der Waals surface area contributed by atoms with Crippen LogP contribution in [0.4, 0.5) is 0 Å². The van der Waals surface area contributed by atoms with E-state index >= 15 is 0 Å². The molecule has 0 aromatic rings. The van der Waals surface area contributed by atoms with Gasteiger partial charge in [-0.05, 0) is 18.4 Å². The quantitative estimate of drug-likeness (QED) is 0.572. The van der Waals surface area contributed by atoms with Gasteiger partial charge in [-0.15, -0.1) is 0 Å². The van der Waals surface area contributed by atoms with Crippen molar-refractivity contribution in [3.63, 3.8) is 0 Å². The lowest BCUT2D eigenvalue weighted by atomic mass is 10.0. The molecule has 1 aliphatic carbocycles. The van der Waals surface area contributed by atoms with Crippen molar-refractivity contribution in [1.29, 1.82) is 0 Å². The Bertz CT molecular complexity index is 182. The predicted octanol–water partition coefficient (Wildman–Crippen LogP) is 0.789. The summed E-state index contributed by atoms with van der Waals surface area (Å²) in [4.78, 5) is 10.2. The van der Waals surface area contributed by atoms with Gasteiger partial charge in [-0.2, -0.15) is 0 Å². The molecule has 2 N–H and O–H groups in total. The topological polar surface area (TPSA) is 43.1 Å². The standard InChI is InChI=1S/C8H11NO/c9-8(6-10)7-4-2-1-3-5-7/h2,4-6,8H,1,3,9H2. The van der Waals surface area contributed by atoms with Gasteiger partial charge in [-0.1, -0.05) is 18.2 Å². The number of carbonyl (C=O) groups is 1.